The normalized spacial score (nSPS) is 22.5. The van der Waals surface area contributed by atoms with Crippen LogP contribution in [-0.4, -0.2) is 14.2 Å². The zero-order valence-corrected chi connectivity index (χ0v) is 10.5. The number of hydrogen-bond acceptors (Lipinski definition) is 3. The molecule has 0 aliphatic heterocycles. The Hall–Kier alpha value is -1.69. The Balaban J connectivity index is 2.57. The van der Waals surface area contributed by atoms with Gasteiger partial charge in [0.2, 0.25) is 0 Å². The van der Waals surface area contributed by atoms with Crippen LogP contribution in [0.25, 0.3) is 0 Å². The highest BCUT2D eigenvalue weighted by Gasteiger charge is 2.29. The van der Waals surface area contributed by atoms with Crippen molar-refractivity contribution in [2.24, 2.45) is 5.92 Å². The Kier molecular flexibility index (Phi) is 3.23. The predicted octanol–water partition coefficient (Wildman–Crippen LogP) is 2.89. The summed E-state index contributed by atoms with van der Waals surface area (Å²) in [6.45, 7) is 2.13. The van der Waals surface area contributed by atoms with E-state index in [1.54, 1.807) is 14.2 Å². The molecule has 2 unspecified atom stereocenters. The molecule has 1 aromatic carbocycles. The van der Waals surface area contributed by atoms with E-state index in [1.165, 1.54) is 0 Å². The van der Waals surface area contributed by atoms with E-state index in [1.807, 2.05) is 12.1 Å². The summed E-state index contributed by atoms with van der Waals surface area (Å²) >= 11 is 0. The maximum Gasteiger partial charge on any atom is 0.164 e. The molecule has 0 heterocycles. The zero-order valence-electron chi connectivity index (χ0n) is 10.5. The third kappa shape index (κ3) is 1.84. The number of hydrogen-bond donors (Lipinski definition) is 0. The van der Waals surface area contributed by atoms with Gasteiger partial charge in [-0.1, -0.05) is 13.0 Å². The van der Waals surface area contributed by atoms with Gasteiger partial charge in [0.1, 0.15) is 0 Å². The van der Waals surface area contributed by atoms with Crippen LogP contribution in [0.5, 0.6) is 11.5 Å². The Morgan fingerprint density at radius 2 is 2.06 bits per heavy atom. The van der Waals surface area contributed by atoms with E-state index in [0.29, 0.717) is 5.92 Å². The van der Waals surface area contributed by atoms with Gasteiger partial charge in [-0.2, -0.15) is 5.26 Å². The molecule has 0 saturated carbocycles. The molecule has 2 atom stereocenters. The van der Waals surface area contributed by atoms with Crippen LogP contribution in [0.3, 0.4) is 0 Å². The number of ether oxygens (including phenoxy) is 2. The molecule has 0 radical (unpaired) electrons. The van der Waals surface area contributed by atoms with Gasteiger partial charge in [-0.05, 0) is 30.4 Å². The second kappa shape index (κ2) is 4.67. The molecule has 0 N–H and O–H groups in total. The van der Waals surface area contributed by atoms with E-state index < -0.39 is 0 Å². The first-order valence-electron chi connectivity index (χ1n) is 5.86. The van der Waals surface area contributed by atoms with Crippen LogP contribution in [0, 0.1) is 17.2 Å². The summed E-state index contributed by atoms with van der Waals surface area (Å²) in [7, 11) is 3.29. The molecule has 0 bridgehead atoms. The number of fused-ring (bicyclic) bond motifs is 1. The van der Waals surface area contributed by atoms with Crippen LogP contribution in [0.1, 0.15) is 30.4 Å². The predicted molar refractivity (Wildman–Crippen MR) is 65.4 cm³/mol. The molecule has 0 saturated heterocycles. The molecule has 90 valence electrons. The lowest BCUT2D eigenvalue weighted by atomic mass is 9.76. The summed E-state index contributed by atoms with van der Waals surface area (Å²) in [6, 6.07) is 6.29. The highest BCUT2D eigenvalue weighted by Crippen LogP contribution is 2.43. The van der Waals surface area contributed by atoms with Gasteiger partial charge in [0, 0.05) is 5.56 Å². The number of rotatable bonds is 2. The third-order valence-electron chi connectivity index (χ3n) is 3.58. The first kappa shape index (κ1) is 11.8. The molecule has 0 fully saturated rings. The van der Waals surface area contributed by atoms with Gasteiger partial charge in [-0.25, -0.2) is 0 Å². The molecule has 0 aromatic heterocycles. The fourth-order valence-electron chi connectivity index (χ4n) is 2.60. The topological polar surface area (TPSA) is 42.2 Å². The van der Waals surface area contributed by atoms with Crippen LogP contribution in [0.15, 0.2) is 12.1 Å². The molecule has 1 aromatic rings. The highest BCUT2D eigenvalue weighted by molar-refractivity contribution is 5.54. The lowest BCUT2D eigenvalue weighted by molar-refractivity contribution is 0.345. The van der Waals surface area contributed by atoms with E-state index in [-0.39, 0.29) is 5.92 Å². The van der Waals surface area contributed by atoms with Gasteiger partial charge in [0.05, 0.1) is 26.2 Å². The van der Waals surface area contributed by atoms with Crippen molar-refractivity contribution in [3.05, 3.63) is 23.3 Å². The molecule has 3 nitrogen and oxygen atoms in total. The molecule has 17 heavy (non-hydrogen) atoms. The molecule has 0 spiro atoms. The molecule has 3 heteroatoms. The van der Waals surface area contributed by atoms with Crippen molar-refractivity contribution in [2.45, 2.75) is 25.7 Å². The molecule has 0 amide bonds. The minimum Gasteiger partial charge on any atom is -0.493 e. The Morgan fingerprint density at radius 3 is 2.65 bits per heavy atom. The van der Waals surface area contributed by atoms with E-state index >= 15 is 0 Å². The average Bonchev–Trinajstić information content (AvgIpc) is 2.37. The number of methoxy groups -OCH3 is 2. The average molecular weight is 231 g/mol. The van der Waals surface area contributed by atoms with Gasteiger partial charge >= 0.3 is 0 Å². The summed E-state index contributed by atoms with van der Waals surface area (Å²) in [4.78, 5) is 0. The van der Waals surface area contributed by atoms with Crippen molar-refractivity contribution in [2.75, 3.05) is 14.2 Å². The minimum absolute atomic E-state index is 0.0291. The van der Waals surface area contributed by atoms with Crippen molar-refractivity contribution in [3.63, 3.8) is 0 Å². The first-order valence-corrected chi connectivity index (χ1v) is 5.86. The first-order chi connectivity index (χ1) is 8.22. The SMILES string of the molecule is COc1ccc2c(c1OC)CCC(C)C2C#N. The largest absolute Gasteiger partial charge is 0.493 e. The maximum absolute atomic E-state index is 9.28. The second-order valence-corrected chi connectivity index (χ2v) is 4.49. The maximum atomic E-state index is 9.28. The fraction of sp³-hybridized carbons (Fsp3) is 0.500. The Morgan fingerprint density at radius 1 is 1.29 bits per heavy atom. The third-order valence-corrected chi connectivity index (χ3v) is 3.58. The molecular weight excluding hydrogens is 214 g/mol. The molecule has 1 aliphatic carbocycles. The monoisotopic (exact) mass is 231 g/mol. The van der Waals surface area contributed by atoms with Crippen molar-refractivity contribution < 1.29 is 9.47 Å². The fourth-order valence-corrected chi connectivity index (χ4v) is 2.60. The van der Waals surface area contributed by atoms with Gasteiger partial charge in [-0.15, -0.1) is 0 Å². The smallest absolute Gasteiger partial charge is 0.164 e. The molecule has 1 aliphatic rings. The number of nitriles is 1. The van der Waals surface area contributed by atoms with Crippen molar-refractivity contribution in [1.82, 2.24) is 0 Å². The zero-order chi connectivity index (χ0) is 12.4. The standard InChI is InChI=1S/C14H17NO2/c1-9-4-5-11-10(12(9)8-15)6-7-13(16-2)14(11)17-3/h6-7,9,12H,4-5H2,1-3H3. The highest BCUT2D eigenvalue weighted by atomic mass is 16.5. The quantitative estimate of drug-likeness (QED) is 0.786. The lowest BCUT2D eigenvalue weighted by Crippen LogP contribution is -2.18. The summed E-state index contributed by atoms with van der Waals surface area (Å²) in [5.74, 6) is 1.92. The van der Waals surface area contributed by atoms with Gasteiger partial charge in [0.15, 0.2) is 11.5 Å². The van der Waals surface area contributed by atoms with E-state index in [9.17, 15) is 5.26 Å². The van der Waals surface area contributed by atoms with E-state index in [4.69, 9.17) is 9.47 Å². The van der Waals surface area contributed by atoms with E-state index in [2.05, 4.69) is 13.0 Å². The van der Waals surface area contributed by atoms with Crippen molar-refractivity contribution in [1.29, 1.82) is 5.26 Å². The van der Waals surface area contributed by atoms with Gasteiger partial charge < -0.3 is 9.47 Å². The van der Waals surface area contributed by atoms with Crippen LogP contribution in [0.2, 0.25) is 0 Å². The molecular formula is C14H17NO2. The van der Waals surface area contributed by atoms with Crippen LogP contribution in [-0.2, 0) is 6.42 Å². The van der Waals surface area contributed by atoms with E-state index in [0.717, 1.165) is 35.5 Å². The van der Waals surface area contributed by atoms with Crippen LogP contribution in [0.4, 0.5) is 0 Å². The van der Waals surface area contributed by atoms with Gasteiger partial charge in [-0.3, -0.25) is 0 Å². The number of benzene rings is 1. The van der Waals surface area contributed by atoms with Crippen LogP contribution < -0.4 is 9.47 Å². The minimum atomic E-state index is -0.0291. The van der Waals surface area contributed by atoms with Crippen molar-refractivity contribution >= 4 is 0 Å². The molecule has 2 rings (SSSR count). The van der Waals surface area contributed by atoms with Crippen LogP contribution >= 0.6 is 0 Å². The lowest BCUT2D eigenvalue weighted by Gasteiger charge is -2.28. The van der Waals surface area contributed by atoms with Crippen molar-refractivity contribution in [3.8, 4) is 17.6 Å². The summed E-state index contributed by atoms with van der Waals surface area (Å²) < 4.78 is 10.7. The second-order valence-electron chi connectivity index (χ2n) is 4.49. The summed E-state index contributed by atoms with van der Waals surface area (Å²) in [5.41, 5.74) is 2.24. The Labute approximate surface area is 102 Å². The summed E-state index contributed by atoms with van der Waals surface area (Å²) in [5, 5.41) is 9.28. The number of nitrogens with zero attached hydrogens (tertiary/aromatic N) is 1. The Bertz CT molecular complexity index is 462. The summed E-state index contributed by atoms with van der Waals surface area (Å²) in [6.07, 6.45) is 1.98. The van der Waals surface area contributed by atoms with Gasteiger partial charge in [0.25, 0.3) is 0 Å².